The minimum Gasteiger partial charge on any atom is -0.462 e. The number of rotatable bonds is 6. The van der Waals surface area contributed by atoms with Gasteiger partial charge >= 0.3 is 5.97 Å². The fourth-order valence-electron chi connectivity index (χ4n) is 1.50. The maximum Gasteiger partial charge on any atom is 0.338 e. The predicted molar refractivity (Wildman–Crippen MR) is 84.7 cm³/mol. The molecule has 0 heterocycles. The third-order valence-electron chi connectivity index (χ3n) is 3.07. The number of nitrogens with one attached hydrogen (secondary N) is 1. The third kappa shape index (κ3) is 4.79. The maximum atomic E-state index is 12.3. The molecule has 1 aromatic rings. The number of halogens is 1. The molecule has 0 aliphatic carbocycles. The molecule has 1 unspecified atom stereocenters. The van der Waals surface area contributed by atoms with E-state index in [9.17, 15) is 13.2 Å². The molecule has 21 heavy (non-hydrogen) atoms. The number of carbonyl (C=O) groups excluding carboxylic acids is 1. The van der Waals surface area contributed by atoms with Crippen LogP contribution in [0.1, 0.15) is 38.1 Å². The van der Waals surface area contributed by atoms with Crippen molar-refractivity contribution < 1.29 is 17.9 Å². The molecule has 7 heteroatoms. The summed E-state index contributed by atoms with van der Waals surface area (Å²) in [5, 5.41) is 0. The summed E-state index contributed by atoms with van der Waals surface area (Å²) in [6, 6.07) is 4.10. The van der Waals surface area contributed by atoms with E-state index in [-0.39, 0.29) is 23.5 Å². The number of carbonyl (C=O) groups is 1. The van der Waals surface area contributed by atoms with E-state index in [0.717, 1.165) is 0 Å². The van der Waals surface area contributed by atoms with Crippen molar-refractivity contribution >= 4 is 31.9 Å². The van der Waals surface area contributed by atoms with Crippen molar-refractivity contribution in [1.29, 1.82) is 0 Å². The van der Waals surface area contributed by atoms with Crippen LogP contribution in [-0.4, -0.2) is 27.0 Å². The van der Waals surface area contributed by atoms with Crippen LogP contribution in [0, 0.1) is 5.92 Å². The van der Waals surface area contributed by atoms with E-state index in [0.29, 0.717) is 10.0 Å². The van der Waals surface area contributed by atoms with Gasteiger partial charge < -0.3 is 4.74 Å². The first kappa shape index (κ1) is 18.1. The van der Waals surface area contributed by atoms with Gasteiger partial charge in [-0.15, -0.1) is 0 Å². The zero-order chi connectivity index (χ0) is 16.2. The molecular formula is C14H20BrNO4S. The molecule has 0 amide bonds. The van der Waals surface area contributed by atoms with Gasteiger partial charge in [0.2, 0.25) is 10.0 Å². The second-order valence-electron chi connectivity index (χ2n) is 5.02. The minimum absolute atomic E-state index is 0.100. The molecular weight excluding hydrogens is 358 g/mol. The van der Waals surface area contributed by atoms with E-state index in [1.807, 2.05) is 20.8 Å². The van der Waals surface area contributed by atoms with Gasteiger partial charge in [0.05, 0.1) is 17.1 Å². The molecule has 1 atom stereocenters. The largest absolute Gasteiger partial charge is 0.462 e. The highest BCUT2D eigenvalue weighted by Gasteiger charge is 2.22. The summed E-state index contributed by atoms with van der Waals surface area (Å²) in [6.45, 7) is 7.66. The SMILES string of the molecule is CCOC(=O)c1ccc(S(=O)(=O)NC(C)C(C)C)c(Br)c1. The smallest absolute Gasteiger partial charge is 0.338 e. The average Bonchev–Trinajstić information content (AvgIpc) is 2.37. The summed E-state index contributed by atoms with van der Waals surface area (Å²) >= 11 is 3.20. The van der Waals surface area contributed by atoms with E-state index >= 15 is 0 Å². The van der Waals surface area contributed by atoms with Crippen molar-refractivity contribution in [2.75, 3.05) is 6.61 Å². The number of benzene rings is 1. The van der Waals surface area contributed by atoms with Crippen LogP contribution in [0.2, 0.25) is 0 Å². The fourth-order valence-corrected chi connectivity index (χ4v) is 3.97. The lowest BCUT2D eigenvalue weighted by Crippen LogP contribution is -2.36. The van der Waals surface area contributed by atoms with E-state index in [1.54, 1.807) is 6.92 Å². The van der Waals surface area contributed by atoms with E-state index in [2.05, 4.69) is 20.7 Å². The number of esters is 1. The second-order valence-corrected chi connectivity index (χ2v) is 7.56. The van der Waals surface area contributed by atoms with Crippen LogP contribution in [0.25, 0.3) is 0 Å². The number of hydrogen-bond donors (Lipinski definition) is 1. The third-order valence-corrected chi connectivity index (χ3v) is 5.61. The molecule has 5 nitrogen and oxygen atoms in total. The first-order valence-corrected chi connectivity index (χ1v) is 8.95. The van der Waals surface area contributed by atoms with Crippen LogP contribution < -0.4 is 4.72 Å². The van der Waals surface area contributed by atoms with E-state index < -0.39 is 16.0 Å². The Kier molecular flexibility index (Phi) is 6.37. The van der Waals surface area contributed by atoms with Gasteiger partial charge in [-0.1, -0.05) is 13.8 Å². The van der Waals surface area contributed by atoms with Crippen LogP contribution in [0.5, 0.6) is 0 Å². The number of ether oxygens (including phenoxy) is 1. The number of sulfonamides is 1. The molecule has 0 radical (unpaired) electrons. The summed E-state index contributed by atoms with van der Waals surface area (Å²) in [6.07, 6.45) is 0. The van der Waals surface area contributed by atoms with Gasteiger partial charge in [-0.3, -0.25) is 0 Å². The van der Waals surface area contributed by atoms with Crippen LogP contribution in [0.15, 0.2) is 27.6 Å². The van der Waals surface area contributed by atoms with E-state index in [4.69, 9.17) is 4.74 Å². The minimum atomic E-state index is -3.64. The standard InChI is InChI=1S/C14H20BrNO4S/c1-5-20-14(17)11-6-7-13(12(15)8-11)21(18,19)16-10(4)9(2)3/h6-10,16H,5H2,1-4H3. The summed E-state index contributed by atoms with van der Waals surface area (Å²) in [7, 11) is -3.64. The Labute approximate surface area is 134 Å². The zero-order valence-corrected chi connectivity index (χ0v) is 14.9. The first-order valence-electron chi connectivity index (χ1n) is 6.68. The quantitative estimate of drug-likeness (QED) is 0.773. The molecule has 1 aromatic carbocycles. The Morgan fingerprint density at radius 3 is 2.43 bits per heavy atom. The maximum absolute atomic E-state index is 12.3. The summed E-state index contributed by atoms with van der Waals surface area (Å²) in [4.78, 5) is 11.7. The lowest BCUT2D eigenvalue weighted by molar-refractivity contribution is 0.0526. The molecule has 1 rings (SSSR count). The molecule has 0 aliphatic heterocycles. The summed E-state index contributed by atoms with van der Waals surface area (Å²) < 4.78 is 32.5. The zero-order valence-electron chi connectivity index (χ0n) is 12.5. The lowest BCUT2D eigenvalue weighted by Gasteiger charge is -2.18. The van der Waals surface area contributed by atoms with Gasteiger partial charge in [-0.05, 0) is 53.9 Å². The lowest BCUT2D eigenvalue weighted by atomic mass is 10.1. The van der Waals surface area contributed by atoms with Crippen LogP contribution in [-0.2, 0) is 14.8 Å². The van der Waals surface area contributed by atoms with Crippen molar-refractivity contribution in [3.63, 3.8) is 0 Å². The molecule has 118 valence electrons. The van der Waals surface area contributed by atoms with Gasteiger partial charge in [-0.25, -0.2) is 17.9 Å². The summed E-state index contributed by atoms with van der Waals surface area (Å²) in [5.41, 5.74) is 0.305. The Hall–Kier alpha value is -0.920. The van der Waals surface area contributed by atoms with Gasteiger partial charge in [-0.2, -0.15) is 0 Å². The van der Waals surface area contributed by atoms with Crippen molar-refractivity contribution in [2.24, 2.45) is 5.92 Å². The molecule has 0 fully saturated rings. The average molecular weight is 378 g/mol. The van der Waals surface area contributed by atoms with Crippen LogP contribution in [0.3, 0.4) is 0 Å². The molecule has 0 aromatic heterocycles. The Morgan fingerprint density at radius 1 is 1.33 bits per heavy atom. The fraction of sp³-hybridized carbons (Fsp3) is 0.500. The van der Waals surface area contributed by atoms with Crippen molar-refractivity contribution in [3.8, 4) is 0 Å². The molecule has 0 bridgehead atoms. The predicted octanol–water partition coefficient (Wildman–Crippen LogP) is 2.95. The molecule has 0 saturated heterocycles. The van der Waals surface area contributed by atoms with Gasteiger partial charge in [0.25, 0.3) is 0 Å². The molecule has 0 aliphatic rings. The van der Waals surface area contributed by atoms with Crippen molar-refractivity contribution in [2.45, 2.75) is 38.6 Å². The van der Waals surface area contributed by atoms with Crippen molar-refractivity contribution in [1.82, 2.24) is 4.72 Å². The highest BCUT2D eigenvalue weighted by Crippen LogP contribution is 2.24. The van der Waals surface area contributed by atoms with E-state index in [1.165, 1.54) is 18.2 Å². The first-order chi connectivity index (χ1) is 9.69. The topological polar surface area (TPSA) is 72.5 Å². The highest BCUT2D eigenvalue weighted by atomic mass is 79.9. The number of hydrogen-bond acceptors (Lipinski definition) is 4. The van der Waals surface area contributed by atoms with Gasteiger partial charge in [0, 0.05) is 10.5 Å². The molecule has 1 N–H and O–H groups in total. The second kappa shape index (κ2) is 7.38. The van der Waals surface area contributed by atoms with Crippen LogP contribution >= 0.6 is 15.9 Å². The van der Waals surface area contributed by atoms with Crippen LogP contribution in [0.4, 0.5) is 0 Å². The monoisotopic (exact) mass is 377 g/mol. The highest BCUT2D eigenvalue weighted by molar-refractivity contribution is 9.10. The van der Waals surface area contributed by atoms with Crippen molar-refractivity contribution in [3.05, 3.63) is 28.2 Å². The Bertz CT molecular complexity index is 613. The normalized spacial score (nSPS) is 13.2. The molecule has 0 spiro atoms. The Morgan fingerprint density at radius 2 is 1.95 bits per heavy atom. The Balaban J connectivity index is 3.07. The van der Waals surface area contributed by atoms with Gasteiger partial charge in [0.1, 0.15) is 0 Å². The van der Waals surface area contributed by atoms with Gasteiger partial charge in [0.15, 0.2) is 0 Å². The molecule has 0 saturated carbocycles. The summed E-state index contributed by atoms with van der Waals surface area (Å²) in [5.74, 6) is -0.303.